The molecule has 0 saturated carbocycles. The van der Waals surface area contributed by atoms with Crippen molar-refractivity contribution in [1.29, 1.82) is 0 Å². The van der Waals surface area contributed by atoms with Gasteiger partial charge in [-0.1, -0.05) is 33.2 Å². The van der Waals surface area contributed by atoms with Gasteiger partial charge in [-0.3, -0.25) is 4.79 Å². The molecule has 0 aliphatic carbocycles. The number of amides is 1. The molecule has 1 aromatic heterocycles. The first-order valence-corrected chi connectivity index (χ1v) is 9.48. The van der Waals surface area contributed by atoms with Crippen LogP contribution in [0.3, 0.4) is 0 Å². The van der Waals surface area contributed by atoms with Crippen molar-refractivity contribution in [1.82, 2.24) is 10.5 Å². The zero-order valence-electron chi connectivity index (χ0n) is 16.1. The van der Waals surface area contributed by atoms with E-state index in [9.17, 15) is 4.79 Å². The van der Waals surface area contributed by atoms with Crippen molar-refractivity contribution in [2.75, 3.05) is 14.2 Å². The molecule has 0 aliphatic heterocycles. The third-order valence-corrected chi connectivity index (χ3v) is 4.95. The average molecular weight is 445 g/mol. The van der Waals surface area contributed by atoms with Crippen LogP contribution >= 0.6 is 15.9 Å². The minimum absolute atomic E-state index is 0.178. The predicted molar refractivity (Wildman–Crippen MR) is 110 cm³/mol. The highest BCUT2D eigenvalue weighted by Crippen LogP contribution is 2.33. The molecule has 2 aromatic carbocycles. The fourth-order valence-electron chi connectivity index (χ4n) is 2.88. The number of nitrogens with zero attached hydrogens (tertiary/aromatic N) is 1. The van der Waals surface area contributed by atoms with Crippen LogP contribution in [0.25, 0.3) is 11.3 Å². The summed E-state index contributed by atoms with van der Waals surface area (Å²) in [5.74, 6) is 1.30. The van der Waals surface area contributed by atoms with Gasteiger partial charge in [0, 0.05) is 16.1 Å². The number of aryl methyl sites for hydroxylation is 1. The van der Waals surface area contributed by atoms with Gasteiger partial charge in [0.2, 0.25) is 0 Å². The third-order valence-electron chi connectivity index (χ3n) is 4.42. The van der Waals surface area contributed by atoms with Crippen LogP contribution < -0.4 is 14.8 Å². The number of nitrogens with one attached hydrogen (secondary N) is 1. The van der Waals surface area contributed by atoms with Gasteiger partial charge < -0.3 is 19.3 Å². The summed E-state index contributed by atoms with van der Waals surface area (Å²) in [7, 11) is 3.13. The molecule has 6 nitrogen and oxygen atoms in total. The molecule has 0 bridgehead atoms. The summed E-state index contributed by atoms with van der Waals surface area (Å²) in [5.41, 5.74) is 2.55. The van der Waals surface area contributed by atoms with Gasteiger partial charge in [-0.2, -0.15) is 0 Å². The van der Waals surface area contributed by atoms with Gasteiger partial charge in [0.25, 0.3) is 5.91 Å². The Kier molecular flexibility index (Phi) is 6.04. The summed E-state index contributed by atoms with van der Waals surface area (Å²) >= 11 is 3.42. The van der Waals surface area contributed by atoms with Crippen LogP contribution in [-0.4, -0.2) is 25.3 Å². The predicted octanol–water partition coefficient (Wildman–Crippen LogP) is 4.92. The van der Waals surface area contributed by atoms with E-state index in [4.69, 9.17) is 14.0 Å². The number of hydrogen-bond donors (Lipinski definition) is 1. The van der Waals surface area contributed by atoms with Crippen molar-refractivity contribution >= 4 is 21.8 Å². The van der Waals surface area contributed by atoms with E-state index >= 15 is 0 Å². The quantitative estimate of drug-likeness (QED) is 0.583. The van der Waals surface area contributed by atoms with Gasteiger partial charge >= 0.3 is 0 Å². The van der Waals surface area contributed by atoms with E-state index in [0.717, 1.165) is 10.0 Å². The van der Waals surface area contributed by atoms with Gasteiger partial charge in [0.05, 0.1) is 26.0 Å². The Morgan fingerprint density at radius 2 is 1.71 bits per heavy atom. The zero-order chi connectivity index (χ0) is 20.3. The van der Waals surface area contributed by atoms with E-state index in [2.05, 4.69) is 26.4 Å². The fraction of sp³-hybridized carbons (Fsp3) is 0.238. The van der Waals surface area contributed by atoms with Crippen molar-refractivity contribution in [3.8, 4) is 22.8 Å². The van der Waals surface area contributed by atoms with Gasteiger partial charge in [0.1, 0.15) is 17.1 Å². The number of halogens is 1. The SMILES string of the molecule is COc1cc(OC)cc(-c2onc(C)c2C(=O)N[C@@H](C)c2ccc(Br)cc2)c1. The molecule has 1 amide bonds. The highest BCUT2D eigenvalue weighted by atomic mass is 79.9. The van der Waals surface area contributed by atoms with Crippen LogP contribution in [-0.2, 0) is 0 Å². The Hall–Kier alpha value is -2.80. The van der Waals surface area contributed by atoms with Crippen LogP contribution in [0.2, 0.25) is 0 Å². The maximum absolute atomic E-state index is 13.0. The molecule has 0 radical (unpaired) electrons. The van der Waals surface area contributed by atoms with Crippen LogP contribution in [0.5, 0.6) is 11.5 Å². The summed E-state index contributed by atoms with van der Waals surface area (Å²) in [6.45, 7) is 3.67. The average Bonchev–Trinajstić information content (AvgIpc) is 3.09. The Morgan fingerprint density at radius 3 is 2.29 bits per heavy atom. The van der Waals surface area contributed by atoms with Crippen LogP contribution in [0, 0.1) is 6.92 Å². The maximum atomic E-state index is 13.0. The molecule has 0 saturated heterocycles. The molecule has 7 heteroatoms. The molecule has 1 heterocycles. The highest BCUT2D eigenvalue weighted by molar-refractivity contribution is 9.10. The second-order valence-electron chi connectivity index (χ2n) is 6.32. The number of hydrogen-bond acceptors (Lipinski definition) is 5. The molecular weight excluding hydrogens is 424 g/mol. The first kappa shape index (κ1) is 19.9. The minimum atomic E-state index is -0.258. The number of methoxy groups -OCH3 is 2. The number of carbonyl (C=O) groups is 1. The molecule has 0 aliphatic rings. The molecule has 0 spiro atoms. The molecule has 3 rings (SSSR count). The monoisotopic (exact) mass is 444 g/mol. The Labute approximate surface area is 172 Å². The lowest BCUT2D eigenvalue weighted by atomic mass is 10.0. The summed E-state index contributed by atoms with van der Waals surface area (Å²) < 4.78 is 17.1. The molecule has 1 N–H and O–H groups in total. The largest absolute Gasteiger partial charge is 0.497 e. The molecule has 0 fully saturated rings. The molecule has 146 valence electrons. The summed E-state index contributed by atoms with van der Waals surface area (Å²) in [5, 5.41) is 7.00. The lowest BCUT2D eigenvalue weighted by Crippen LogP contribution is -2.27. The van der Waals surface area contributed by atoms with E-state index < -0.39 is 0 Å². The van der Waals surface area contributed by atoms with Crippen LogP contribution in [0.1, 0.15) is 34.6 Å². The Balaban J connectivity index is 1.92. The lowest BCUT2D eigenvalue weighted by molar-refractivity contribution is 0.0939. The number of carbonyl (C=O) groups excluding carboxylic acids is 1. The molecule has 1 atom stereocenters. The van der Waals surface area contributed by atoms with E-state index in [1.54, 1.807) is 39.3 Å². The zero-order valence-corrected chi connectivity index (χ0v) is 17.7. The van der Waals surface area contributed by atoms with Crippen molar-refractivity contribution < 1.29 is 18.8 Å². The number of aromatic nitrogens is 1. The maximum Gasteiger partial charge on any atom is 0.257 e. The summed E-state index contributed by atoms with van der Waals surface area (Å²) in [4.78, 5) is 13.0. The van der Waals surface area contributed by atoms with Crippen molar-refractivity contribution in [2.45, 2.75) is 19.9 Å². The van der Waals surface area contributed by atoms with E-state index in [0.29, 0.717) is 34.1 Å². The smallest absolute Gasteiger partial charge is 0.257 e. The van der Waals surface area contributed by atoms with Crippen LogP contribution in [0.4, 0.5) is 0 Å². The fourth-order valence-corrected chi connectivity index (χ4v) is 3.14. The Morgan fingerprint density at radius 1 is 1.11 bits per heavy atom. The summed E-state index contributed by atoms with van der Waals surface area (Å²) in [6.07, 6.45) is 0. The molecular formula is C21H21BrN2O4. The number of ether oxygens (including phenoxy) is 2. The minimum Gasteiger partial charge on any atom is -0.497 e. The van der Waals surface area contributed by atoms with Crippen molar-refractivity contribution in [3.05, 3.63) is 63.8 Å². The third kappa shape index (κ3) is 4.20. The van der Waals surface area contributed by atoms with E-state index in [1.165, 1.54) is 0 Å². The van der Waals surface area contributed by atoms with E-state index in [-0.39, 0.29) is 11.9 Å². The topological polar surface area (TPSA) is 73.6 Å². The van der Waals surface area contributed by atoms with Crippen molar-refractivity contribution in [2.24, 2.45) is 0 Å². The first-order valence-electron chi connectivity index (χ1n) is 8.69. The standard InChI is InChI=1S/C21H21BrN2O4/c1-12(14-5-7-16(22)8-6-14)23-21(25)19-13(2)24-28-20(19)15-9-17(26-3)11-18(10-15)27-4/h5-12H,1-4H3,(H,23,25)/t12-/m0/s1. The molecule has 0 unspecified atom stereocenters. The Bertz CT molecular complexity index is 960. The van der Waals surface area contributed by atoms with Crippen LogP contribution in [0.15, 0.2) is 51.5 Å². The van der Waals surface area contributed by atoms with Gasteiger partial charge in [-0.25, -0.2) is 0 Å². The van der Waals surface area contributed by atoms with Gasteiger partial charge in [-0.05, 0) is 43.7 Å². The first-order chi connectivity index (χ1) is 13.4. The normalized spacial score (nSPS) is 11.8. The second kappa shape index (κ2) is 8.48. The number of rotatable bonds is 6. The van der Waals surface area contributed by atoms with Gasteiger partial charge in [-0.15, -0.1) is 0 Å². The number of benzene rings is 2. The van der Waals surface area contributed by atoms with Gasteiger partial charge in [0.15, 0.2) is 5.76 Å². The molecule has 28 heavy (non-hydrogen) atoms. The summed E-state index contributed by atoms with van der Waals surface area (Å²) in [6, 6.07) is 12.9. The second-order valence-corrected chi connectivity index (χ2v) is 7.24. The lowest BCUT2D eigenvalue weighted by Gasteiger charge is -2.15. The molecule has 3 aromatic rings. The van der Waals surface area contributed by atoms with E-state index in [1.807, 2.05) is 31.2 Å². The van der Waals surface area contributed by atoms with Crippen molar-refractivity contribution in [3.63, 3.8) is 0 Å². The highest BCUT2D eigenvalue weighted by Gasteiger charge is 2.24.